The first-order chi connectivity index (χ1) is 10.0. The Morgan fingerprint density at radius 1 is 1.29 bits per heavy atom. The fraction of sp³-hybridized carbons (Fsp3) is 0.200. The fourth-order valence-corrected chi connectivity index (χ4v) is 2.14. The van der Waals surface area contributed by atoms with Gasteiger partial charge in [-0.05, 0) is 23.2 Å². The molecular formula is C10H6ClN7O3. The summed E-state index contributed by atoms with van der Waals surface area (Å²) in [4.78, 5) is 29.3. The second-order valence-electron chi connectivity index (χ2n) is 3.84. The third kappa shape index (κ3) is 2.00. The van der Waals surface area contributed by atoms with Gasteiger partial charge in [0.25, 0.3) is 11.6 Å². The number of carbonyl (C=O) groups is 2. The van der Waals surface area contributed by atoms with E-state index in [0.717, 1.165) is 0 Å². The largest absolute Gasteiger partial charge is 0.495 e. The summed E-state index contributed by atoms with van der Waals surface area (Å²) >= 11 is 6.01. The number of amides is 1. The maximum absolute atomic E-state index is 12.4. The molecule has 2 rings (SSSR count). The molecule has 0 saturated carbocycles. The van der Waals surface area contributed by atoms with Gasteiger partial charge in [-0.1, -0.05) is 21.8 Å². The fourth-order valence-electron chi connectivity index (χ4n) is 1.85. The number of Topliss-reactive ketones (excluding diaryl/α,β-unsaturated/α-hetero) is 1. The lowest BCUT2D eigenvalue weighted by atomic mass is 9.92. The van der Waals surface area contributed by atoms with Crippen molar-refractivity contribution in [2.45, 2.75) is 5.66 Å². The van der Waals surface area contributed by atoms with Crippen LogP contribution in [0.25, 0.3) is 20.9 Å². The molecule has 1 aromatic rings. The summed E-state index contributed by atoms with van der Waals surface area (Å²) in [7, 11) is 1.37. The molecule has 106 valence electrons. The molecule has 1 aliphatic heterocycles. The highest BCUT2D eigenvalue weighted by Crippen LogP contribution is 2.40. The maximum Gasteiger partial charge on any atom is 0.267 e. The summed E-state index contributed by atoms with van der Waals surface area (Å²) in [5, 5.41) is 8.42. The van der Waals surface area contributed by atoms with Crippen molar-refractivity contribution >= 4 is 29.0 Å². The summed E-state index contributed by atoms with van der Waals surface area (Å²) in [6.07, 6.45) is 0. The number of carbonyl (C=O) groups excluding carboxylic acids is 2. The molecular weight excluding hydrogens is 302 g/mol. The molecule has 0 aliphatic carbocycles. The number of rotatable bonds is 3. The Morgan fingerprint density at radius 3 is 2.43 bits per heavy atom. The SMILES string of the molecule is COc1ccc2c(c1Cl)NC(=O)C(N=[N+]=[N-])(N=[N+]=[N-])C2=O. The van der Waals surface area contributed by atoms with Gasteiger partial charge in [0.1, 0.15) is 10.8 Å². The van der Waals surface area contributed by atoms with Crippen LogP contribution < -0.4 is 10.1 Å². The molecule has 1 aromatic carbocycles. The Hall–Kier alpha value is -2.93. The van der Waals surface area contributed by atoms with E-state index < -0.39 is 17.4 Å². The summed E-state index contributed by atoms with van der Waals surface area (Å²) in [6.45, 7) is 0. The van der Waals surface area contributed by atoms with Crippen LogP contribution in [-0.2, 0) is 4.79 Å². The van der Waals surface area contributed by atoms with Gasteiger partial charge in [0, 0.05) is 15.4 Å². The van der Waals surface area contributed by atoms with E-state index >= 15 is 0 Å². The molecule has 1 heterocycles. The summed E-state index contributed by atoms with van der Waals surface area (Å²) in [6, 6.07) is 2.71. The molecule has 0 unspecified atom stereocenters. The summed E-state index contributed by atoms with van der Waals surface area (Å²) < 4.78 is 4.97. The number of azide groups is 1. The number of fused-ring (bicyclic) bond motifs is 1. The minimum absolute atomic E-state index is 0.00270. The van der Waals surface area contributed by atoms with Gasteiger partial charge < -0.3 is 10.1 Å². The first-order valence-electron chi connectivity index (χ1n) is 5.37. The smallest absolute Gasteiger partial charge is 0.267 e. The maximum atomic E-state index is 12.4. The van der Waals surface area contributed by atoms with Gasteiger partial charge in [0.2, 0.25) is 0 Å². The summed E-state index contributed by atoms with van der Waals surface area (Å²) in [5.41, 5.74) is 14.5. The normalized spacial score (nSPS) is 19.7. The van der Waals surface area contributed by atoms with E-state index in [1.165, 1.54) is 19.2 Å². The van der Waals surface area contributed by atoms with E-state index in [0.29, 0.717) is 0 Å². The van der Waals surface area contributed by atoms with E-state index in [4.69, 9.17) is 27.4 Å². The predicted octanol–water partition coefficient (Wildman–Crippen LogP) is 2.80. The Labute approximate surface area is 121 Å². The van der Waals surface area contributed by atoms with Crippen molar-refractivity contribution in [3.8, 4) is 5.75 Å². The number of nitrogens with one attached hydrogen (secondary N) is 1. The number of benzene rings is 1. The van der Waals surface area contributed by atoms with Gasteiger partial charge in [-0.3, -0.25) is 9.59 Å². The molecule has 1 aliphatic rings. The molecule has 1 amide bonds. The highest BCUT2D eigenvalue weighted by molar-refractivity contribution is 6.39. The van der Waals surface area contributed by atoms with Crippen LogP contribution in [0.5, 0.6) is 5.75 Å². The van der Waals surface area contributed by atoms with Crippen LogP contribution in [0.3, 0.4) is 0 Å². The van der Waals surface area contributed by atoms with Gasteiger partial charge in [0.05, 0.1) is 12.8 Å². The molecule has 0 saturated heterocycles. The number of anilines is 1. The van der Waals surface area contributed by atoms with Crippen molar-refractivity contribution in [1.82, 2.24) is 0 Å². The molecule has 0 spiro atoms. The number of hydrogen-bond acceptors (Lipinski definition) is 5. The average molecular weight is 308 g/mol. The van der Waals surface area contributed by atoms with E-state index in [9.17, 15) is 9.59 Å². The first kappa shape index (κ1) is 14.5. The van der Waals surface area contributed by atoms with Gasteiger partial charge in [-0.2, -0.15) is 0 Å². The Kier molecular flexibility index (Phi) is 3.60. The molecule has 0 bridgehead atoms. The Balaban J connectivity index is 2.74. The number of ketones is 1. The lowest BCUT2D eigenvalue weighted by Crippen LogP contribution is -2.49. The van der Waals surface area contributed by atoms with Gasteiger partial charge in [-0.15, -0.1) is 0 Å². The topological polar surface area (TPSA) is 153 Å². The van der Waals surface area contributed by atoms with Crippen molar-refractivity contribution in [2.75, 3.05) is 12.4 Å². The first-order valence-corrected chi connectivity index (χ1v) is 5.75. The Bertz CT molecular complexity index is 731. The van der Waals surface area contributed by atoms with Crippen LogP contribution in [0.4, 0.5) is 5.69 Å². The quantitative estimate of drug-likeness (QED) is 0.395. The molecule has 0 radical (unpaired) electrons. The zero-order valence-corrected chi connectivity index (χ0v) is 11.2. The minimum atomic E-state index is -2.55. The number of methoxy groups -OCH3 is 1. The monoisotopic (exact) mass is 307 g/mol. The van der Waals surface area contributed by atoms with Crippen LogP contribution in [0.1, 0.15) is 10.4 Å². The second-order valence-corrected chi connectivity index (χ2v) is 4.22. The van der Waals surface area contributed by atoms with Crippen molar-refractivity contribution in [3.05, 3.63) is 43.6 Å². The van der Waals surface area contributed by atoms with E-state index in [-0.39, 0.29) is 22.0 Å². The van der Waals surface area contributed by atoms with Crippen LogP contribution in [0, 0.1) is 0 Å². The van der Waals surface area contributed by atoms with Crippen LogP contribution in [-0.4, -0.2) is 24.5 Å². The molecule has 0 fully saturated rings. The third-order valence-electron chi connectivity index (χ3n) is 2.82. The number of ether oxygens (including phenoxy) is 1. The van der Waals surface area contributed by atoms with Gasteiger partial charge >= 0.3 is 0 Å². The van der Waals surface area contributed by atoms with Crippen LogP contribution >= 0.6 is 11.6 Å². The lowest BCUT2D eigenvalue weighted by Gasteiger charge is -2.28. The van der Waals surface area contributed by atoms with Crippen LogP contribution in [0.2, 0.25) is 5.02 Å². The third-order valence-corrected chi connectivity index (χ3v) is 3.20. The van der Waals surface area contributed by atoms with Crippen molar-refractivity contribution in [3.63, 3.8) is 0 Å². The number of halogens is 1. The highest BCUT2D eigenvalue weighted by atomic mass is 35.5. The minimum Gasteiger partial charge on any atom is -0.495 e. The molecule has 0 atom stereocenters. The zero-order chi connectivity index (χ0) is 15.6. The molecule has 21 heavy (non-hydrogen) atoms. The van der Waals surface area contributed by atoms with Crippen molar-refractivity contribution in [1.29, 1.82) is 0 Å². The van der Waals surface area contributed by atoms with Crippen LogP contribution in [0.15, 0.2) is 22.4 Å². The Morgan fingerprint density at radius 2 is 1.90 bits per heavy atom. The van der Waals surface area contributed by atoms with E-state index in [2.05, 4.69) is 25.4 Å². The lowest BCUT2D eigenvalue weighted by molar-refractivity contribution is -0.119. The van der Waals surface area contributed by atoms with Crippen molar-refractivity contribution in [2.24, 2.45) is 10.2 Å². The van der Waals surface area contributed by atoms with Gasteiger partial charge in [-0.25, -0.2) is 0 Å². The molecule has 0 aromatic heterocycles. The van der Waals surface area contributed by atoms with Gasteiger partial charge in [0.15, 0.2) is 5.78 Å². The molecule has 1 N–H and O–H groups in total. The zero-order valence-electron chi connectivity index (χ0n) is 10.4. The van der Waals surface area contributed by atoms with E-state index in [1.807, 2.05) is 0 Å². The standard InChI is InChI=1S/C10H6ClN7O3/c1-21-5-3-2-4-7(6(5)11)14-9(20)10(8(4)19,15-17-12)16-18-13/h2-3H,1H3,(H,14,20). The summed E-state index contributed by atoms with van der Waals surface area (Å²) in [5.74, 6) is -1.82. The molecule has 10 nitrogen and oxygen atoms in total. The van der Waals surface area contributed by atoms with Crippen molar-refractivity contribution < 1.29 is 14.3 Å². The highest BCUT2D eigenvalue weighted by Gasteiger charge is 2.50. The predicted molar refractivity (Wildman–Crippen MR) is 72.0 cm³/mol. The second kappa shape index (κ2) is 5.22. The average Bonchev–Trinajstić information content (AvgIpc) is 2.46. The number of hydrogen-bond donors (Lipinski definition) is 1. The molecule has 11 heteroatoms. The van der Waals surface area contributed by atoms with E-state index in [1.54, 1.807) is 0 Å². The number of nitrogens with zero attached hydrogens (tertiary/aromatic N) is 6.